The number of hydrogen-bond donors (Lipinski definition) is 2. The summed E-state index contributed by atoms with van der Waals surface area (Å²) in [5.41, 5.74) is -0.461. The number of nitrogens with one attached hydrogen (secondary N) is 1. The standard InChI is InChI=1S/C14H15F4NO4S/c15-10-7-8(13(20)21)5-6-12(10)24(22,23)19-11-4-2-1-3-9(11)14(16,17)18/h5-7,9,11,19H,1-4H2,(H,20,21)/t9-,11-/m0/s1. The van der Waals surface area contributed by atoms with E-state index in [0.29, 0.717) is 18.9 Å². The van der Waals surface area contributed by atoms with Gasteiger partial charge in [0.15, 0.2) is 0 Å². The van der Waals surface area contributed by atoms with Crippen LogP contribution in [0.25, 0.3) is 0 Å². The number of halogens is 4. The topological polar surface area (TPSA) is 83.5 Å². The monoisotopic (exact) mass is 369 g/mol. The van der Waals surface area contributed by atoms with Gasteiger partial charge < -0.3 is 5.11 Å². The summed E-state index contributed by atoms with van der Waals surface area (Å²) in [5.74, 6) is -4.61. The first-order valence-electron chi connectivity index (χ1n) is 7.14. The van der Waals surface area contributed by atoms with E-state index in [2.05, 4.69) is 0 Å². The highest BCUT2D eigenvalue weighted by Gasteiger charge is 2.46. The molecule has 0 amide bonds. The SMILES string of the molecule is O=C(O)c1ccc(S(=O)(=O)N[C@H]2CCCC[C@@H]2C(F)(F)F)c(F)c1. The summed E-state index contributed by atoms with van der Waals surface area (Å²) < 4.78 is 79.3. The fourth-order valence-electron chi connectivity index (χ4n) is 2.78. The van der Waals surface area contributed by atoms with Gasteiger partial charge in [0.05, 0.1) is 11.5 Å². The smallest absolute Gasteiger partial charge is 0.393 e. The second-order valence-electron chi connectivity index (χ2n) is 5.61. The summed E-state index contributed by atoms with van der Waals surface area (Å²) in [6.07, 6.45) is -3.99. The fourth-order valence-corrected chi connectivity index (χ4v) is 4.15. The van der Waals surface area contributed by atoms with Crippen molar-refractivity contribution in [3.05, 3.63) is 29.6 Å². The fraction of sp³-hybridized carbons (Fsp3) is 0.500. The lowest BCUT2D eigenvalue weighted by Gasteiger charge is -2.33. The molecule has 0 unspecified atom stereocenters. The van der Waals surface area contributed by atoms with Gasteiger partial charge in [-0.05, 0) is 31.0 Å². The van der Waals surface area contributed by atoms with Crippen molar-refractivity contribution in [1.82, 2.24) is 4.72 Å². The second kappa shape index (κ2) is 6.67. The van der Waals surface area contributed by atoms with Gasteiger partial charge in [0, 0.05) is 6.04 Å². The van der Waals surface area contributed by atoms with E-state index in [1.807, 2.05) is 4.72 Å². The van der Waals surface area contributed by atoms with Crippen LogP contribution in [0.5, 0.6) is 0 Å². The van der Waals surface area contributed by atoms with Crippen molar-refractivity contribution in [2.24, 2.45) is 5.92 Å². The van der Waals surface area contributed by atoms with Gasteiger partial charge in [-0.3, -0.25) is 0 Å². The van der Waals surface area contributed by atoms with E-state index in [-0.39, 0.29) is 12.8 Å². The van der Waals surface area contributed by atoms with E-state index in [1.54, 1.807) is 0 Å². The summed E-state index contributed by atoms with van der Waals surface area (Å²) in [4.78, 5) is 9.85. The van der Waals surface area contributed by atoms with Crippen LogP contribution in [0.15, 0.2) is 23.1 Å². The summed E-state index contributed by atoms with van der Waals surface area (Å²) in [6, 6.07) is 0.746. The number of aromatic carboxylic acids is 1. The molecule has 24 heavy (non-hydrogen) atoms. The molecule has 1 aromatic carbocycles. The minimum atomic E-state index is -4.56. The van der Waals surface area contributed by atoms with Crippen molar-refractivity contribution < 1.29 is 35.9 Å². The van der Waals surface area contributed by atoms with Crippen LogP contribution in [0.1, 0.15) is 36.0 Å². The molecule has 1 aliphatic carbocycles. The largest absolute Gasteiger partial charge is 0.478 e. The Morgan fingerprint density at radius 1 is 1.21 bits per heavy atom. The van der Waals surface area contributed by atoms with Gasteiger partial charge in [0.25, 0.3) is 0 Å². The maximum Gasteiger partial charge on any atom is 0.393 e. The molecule has 0 heterocycles. The highest BCUT2D eigenvalue weighted by molar-refractivity contribution is 7.89. The predicted molar refractivity (Wildman–Crippen MR) is 75.5 cm³/mol. The van der Waals surface area contributed by atoms with E-state index in [1.165, 1.54) is 0 Å². The molecule has 0 bridgehead atoms. The molecule has 2 N–H and O–H groups in total. The lowest BCUT2D eigenvalue weighted by Crippen LogP contribution is -2.47. The van der Waals surface area contributed by atoms with Crippen molar-refractivity contribution in [3.63, 3.8) is 0 Å². The molecular weight excluding hydrogens is 354 g/mol. The molecule has 0 aliphatic heterocycles. The van der Waals surface area contributed by atoms with Crippen molar-refractivity contribution >= 4 is 16.0 Å². The van der Waals surface area contributed by atoms with Gasteiger partial charge in [0.1, 0.15) is 10.7 Å². The lowest BCUT2D eigenvalue weighted by atomic mass is 9.85. The van der Waals surface area contributed by atoms with Crippen molar-refractivity contribution in [2.45, 2.75) is 42.8 Å². The minimum absolute atomic E-state index is 0.00175. The highest BCUT2D eigenvalue weighted by atomic mass is 32.2. The molecule has 1 saturated carbocycles. The molecule has 2 rings (SSSR count). The molecule has 1 aliphatic rings. The summed E-state index contributed by atoms with van der Waals surface area (Å²) in [6.45, 7) is 0. The molecule has 0 saturated heterocycles. The van der Waals surface area contributed by atoms with Crippen LogP contribution in [0, 0.1) is 11.7 Å². The lowest BCUT2D eigenvalue weighted by molar-refractivity contribution is -0.187. The Hall–Kier alpha value is -1.68. The summed E-state index contributed by atoms with van der Waals surface area (Å²) in [5, 5.41) is 8.73. The average Bonchev–Trinajstić information content (AvgIpc) is 2.45. The van der Waals surface area contributed by atoms with Gasteiger partial charge in [0.2, 0.25) is 10.0 Å². The molecule has 10 heteroatoms. The third-order valence-electron chi connectivity index (χ3n) is 3.96. The zero-order chi connectivity index (χ0) is 18.1. The number of benzene rings is 1. The minimum Gasteiger partial charge on any atom is -0.478 e. The maximum absolute atomic E-state index is 13.9. The van der Waals surface area contributed by atoms with Gasteiger partial charge in [-0.1, -0.05) is 12.8 Å². The van der Waals surface area contributed by atoms with Crippen LogP contribution < -0.4 is 4.72 Å². The van der Waals surface area contributed by atoms with E-state index in [4.69, 9.17) is 5.11 Å². The number of carboxylic acids is 1. The Kier molecular flexibility index (Phi) is 5.19. The number of carboxylic acid groups (broad SMARTS) is 1. The molecule has 134 valence electrons. The molecule has 0 aromatic heterocycles. The second-order valence-corrected chi connectivity index (χ2v) is 7.29. The number of alkyl halides is 3. The molecular formula is C14H15F4NO4S. The number of sulfonamides is 1. The van der Waals surface area contributed by atoms with Crippen LogP contribution in [0.3, 0.4) is 0 Å². The van der Waals surface area contributed by atoms with E-state index < -0.39 is 50.4 Å². The van der Waals surface area contributed by atoms with Crippen LogP contribution in [0.2, 0.25) is 0 Å². The normalized spacial score (nSPS) is 22.3. The Balaban J connectivity index is 2.29. The van der Waals surface area contributed by atoms with E-state index in [0.717, 1.165) is 12.1 Å². The quantitative estimate of drug-likeness (QED) is 0.800. The van der Waals surface area contributed by atoms with Gasteiger partial charge in [-0.15, -0.1) is 0 Å². The van der Waals surface area contributed by atoms with Gasteiger partial charge in [-0.25, -0.2) is 22.3 Å². The zero-order valence-corrected chi connectivity index (χ0v) is 13.1. The average molecular weight is 369 g/mol. The van der Waals surface area contributed by atoms with E-state index >= 15 is 0 Å². The van der Waals surface area contributed by atoms with Gasteiger partial charge in [-0.2, -0.15) is 13.2 Å². The summed E-state index contributed by atoms with van der Waals surface area (Å²) >= 11 is 0. The highest BCUT2D eigenvalue weighted by Crippen LogP contribution is 2.38. The first kappa shape index (κ1) is 18.7. The first-order valence-corrected chi connectivity index (χ1v) is 8.62. The van der Waals surface area contributed by atoms with Gasteiger partial charge >= 0.3 is 12.1 Å². The van der Waals surface area contributed by atoms with E-state index in [9.17, 15) is 30.8 Å². The number of hydrogen-bond acceptors (Lipinski definition) is 3. The summed E-state index contributed by atoms with van der Waals surface area (Å²) in [7, 11) is -4.54. The Labute approximate surface area is 135 Å². The van der Waals surface area contributed by atoms with Crippen molar-refractivity contribution in [2.75, 3.05) is 0 Å². The first-order chi connectivity index (χ1) is 11.0. The molecule has 2 atom stereocenters. The molecule has 1 fully saturated rings. The number of carbonyl (C=O) groups is 1. The maximum atomic E-state index is 13.9. The number of rotatable bonds is 4. The molecule has 0 spiro atoms. The van der Waals surface area contributed by atoms with Crippen LogP contribution in [-0.4, -0.2) is 31.7 Å². The van der Waals surface area contributed by atoms with Crippen LogP contribution in [-0.2, 0) is 10.0 Å². The van der Waals surface area contributed by atoms with Crippen LogP contribution in [0.4, 0.5) is 17.6 Å². The third kappa shape index (κ3) is 4.04. The van der Waals surface area contributed by atoms with Crippen molar-refractivity contribution in [3.8, 4) is 0 Å². The molecule has 1 aromatic rings. The Morgan fingerprint density at radius 2 is 1.83 bits per heavy atom. The molecule has 5 nitrogen and oxygen atoms in total. The third-order valence-corrected chi connectivity index (χ3v) is 5.48. The Morgan fingerprint density at radius 3 is 2.38 bits per heavy atom. The Bertz CT molecular complexity index is 733. The molecule has 0 radical (unpaired) electrons. The van der Waals surface area contributed by atoms with Crippen molar-refractivity contribution in [1.29, 1.82) is 0 Å². The van der Waals surface area contributed by atoms with Crippen LogP contribution >= 0.6 is 0 Å². The predicted octanol–water partition coefficient (Wildman–Crippen LogP) is 2.92. The zero-order valence-electron chi connectivity index (χ0n) is 12.3.